The van der Waals surface area contributed by atoms with Crippen LogP contribution in [0.15, 0.2) is 36.9 Å². The average Bonchev–Trinajstić information content (AvgIpc) is 3.02. The second kappa shape index (κ2) is 7.74. The van der Waals surface area contributed by atoms with Gasteiger partial charge in [-0.2, -0.15) is 9.78 Å². The van der Waals surface area contributed by atoms with E-state index < -0.39 is 17.7 Å². The highest BCUT2D eigenvalue weighted by molar-refractivity contribution is 5.89. The summed E-state index contributed by atoms with van der Waals surface area (Å²) in [7, 11) is 0. The van der Waals surface area contributed by atoms with Crippen molar-refractivity contribution in [2.45, 2.75) is 33.3 Å². The van der Waals surface area contributed by atoms with Crippen LogP contribution in [0.25, 0.3) is 17.2 Å². The molecule has 132 valence electrons. The van der Waals surface area contributed by atoms with Crippen LogP contribution in [-0.2, 0) is 14.3 Å². The Bertz CT molecular complexity index is 788. The second-order valence-corrected chi connectivity index (χ2v) is 6.20. The molecule has 2 heterocycles. The van der Waals surface area contributed by atoms with Gasteiger partial charge in [-0.3, -0.25) is 4.98 Å². The van der Waals surface area contributed by atoms with Gasteiger partial charge in [0.05, 0.1) is 12.8 Å². The molecule has 0 fully saturated rings. The Labute approximate surface area is 146 Å². The molecule has 0 N–H and O–H groups in total. The minimum Gasteiger partial charge on any atom is -0.463 e. The van der Waals surface area contributed by atoms with Crippen LogP contribution < -0.4 is 0 Å². The summed E-state index contributed by atoms with van der Waals surface area (Å²) in [5.41, 5.74) is 1.59. The average molecular weight is 343 g/mol. The predicted octanol–water partition coefficient (Wildman–Crippen LogP) is 3.30. The van der Waals surface area contributed by atoms with E-state index in [0.717, 1.165) is 10.2 Å². The van der Waals surface area contributed by atoms with Crippen LogP contribution in [0.2, 0.25) is 0 Å². The molecule has 0 bridgehead atoms. The normalized spacial score (nSPS) is 11.5. The van der Waals surface area contributed by atoms with Gasteiger partial charge in [-0.25, -0.2) is 9.59 Å². The summed E-state index contributed by atoms with van der Waals surface area (Å²) in [6.07, 6.45) is 8.77. The molecule has 25 heavy (non-hydrogen) atoms. The van der Waals surface area contributed by atoms with Crippen molar-refractivity contribution >= 4 is 18.1 Å². The standard InChI is InChI=1S/C18H21N3O4/c1-5-24-16(22)7-6-13-10-19-9-8-15(13)14-11-20-21(12-14)17(23)25-18(2,3)4/h6-12H,5H2,1-4H3. The third-order valence-corrected chi connectivity index (χ3v) is 3.01. The lowest BCUT2D eigenvalue weighted by atomic mass is 10.1. The number of nitrogens with zero attached hydrogens (tertiary/aromatic N) is 3. The lowest BCUT2D eigenvalue weighted by Crippen LogP contribution is -2.27. The molecule has 7 nitrogen and oxygen atoms in total. The molecule has 2 rings (SSSR count). The van der Waals surface area contributed by atoms with Crippen molar-refractivity contribution in [3.63, 3.8) is 0 Å². The lowest BCUT2D eigenvalue weighted by Gasteiger charge is -2.18. The van der Waals surface area contributed by atoms with E-state index in [-0.39, 0.29) is 0 Å². The Morgan fingerprint density at radius 1 is 1.28 bits per heavy atom. The van der Waals surface area contributed by atoms with E-state index in [1.54, 1.807) is 64.6 Å². The van der Waals surface area contributed by atoms with Crippen molar-refractivity contribution in [1.82, 2.24) is 14.8 Å². The maximum absolute atomic E-state index is 12.1. The van der Waals surface area contributed by atoms with Gasteiger partial charge in [-0.05, 0) is 45.4 Å². The van der Waals surface area contributed by atoms with Crippen molar-refractivity contribution < 1.29 is 19.1 Å². The van der Waals surface area contributed by atoms with Crippen LogP contribution in [0.4, 0.5) is 4.79 Å². The first-order valence-electron chi connectivity index (χ1n) is 7.87. The van der Waals surface area contributed by atoms with E-state index in [4.69, 9.17) is 9.47 Å². The predicted molar refractivity (Wildman–Crippen MR) is 92.8 cm³/mol. The molecule has 2 aromatic rings. The molecular weight excluding hydrogens is 322 g/mol. The van der Waals surface area contributed by atoms with Gasteiger partial charge < -0.3 is 9.47 Å². The highest BCUT2D eigenvalue weighted by Crippen LogP contribution is 2.24. The summed E-state index contributed by atoms with van der Waals surface area (Å²) in [5.74, 6) is -0.429. The summed E-state index contributed by atoms with van der Waals surface area (Å²) in [6.45, 7) is 7.42. The Hall–Kier alpha value is -2.96. The number of rotatable bonds is 4. The first kappa shape index (κ1) is 18.4. The van der Waals surface area contributed by atoms with E-state index in [1.807, 2.05) is 0 Å². The molecule has 0 atom stereocenters. The molecule has 7 heteroatoms. The van der Waals surface area contributed by atoms with Crippen molar-refractivity contribution in [3.8, 4) is 11.1 Å². The molecule has 0 aliphatic rings. The van der Waals surface area contributed by atoms with Crippen LogP contribution >= 0.6 is 0 Å². The van der Waals surface area contributed by atoms with E-state index >= 15 is 0 Å². The minimum absolute atomic E-state index is 0.311. The van der Waals surface area contributed by atoms with Gasteiger partial charge in [-0.1, -0.05) is 0 Å². The molecule has 0 saturated carbocycles. The SMILES string of the molecule is CCOC(=O)C=Cc1cnccc1-c1cnn(C(=O)OC(C)(C)C)c1. The van der Waals surface area contributed by atoms with Gasteiger partial charge in [0, 0.05) is 35.8 Å². The van der Waals surface area contributed by atoms with Crippen LogP contribution in [0.5, 0.6) is 0 Å². The van der Waals surface area contributed by atoms with E-state index in [9.17, 15) is 9.59 Å². The fraction of sp³-hybridized carbons (Fsp3) is 0.333. The number of aromatic nitrogens is 3. The Balaban J connectivity index is 2.25. The van der Waals surface area contributed by atoms with E-state index in [1.165, 1.54) is 6.08 Å². The number of hydrogen-bond acceptors (Lipinski definition) is 6. The highest BCUT2D eigenvalue weighted by atomic mass is 16.6. The molecule has 0 unspecified atom stereocenters. The van der Waals surface area contributed by atoms with E-state index in [0.29, 0.717) is 17.7 Å². The smallest absolute Gasteiger partial charge is 0.435 e. The fourth-order valence-corrected chi connectivity index (χ4v) is 2.02. The molecule has 0 aliphatic heterocycles. The number of esters is 1. The van der Waals surface area contributed by atoms with Gasteiger partial charge in [0.2, 0.25) is 0 Å². The lowest BCUT2D eigenvalue weighted by molar-refractivity contribution is -0.137. The van der Waals surface area contributed by atoms with Gasteiger partial charge in [0.15, 0.2) is 0 Å². The third kappa shape index (κ3) is 5.27. The Morgan fingerprint density at radius 2 is 2.04 bits per heavy atom. The number of carbonyl (C=O) groups is 2. The molecule has 0 spiro atoms. The molecule has 0 saturated heterocycles. The highest BCUT2D eigenvalue weighted by Gasteiger charge is 2.19. The first-order chi connectivity index (χ1) is 11.8. The number of pyridine rings is 1. The van der Waals surface area contributed by atoms with E-state index in [2.05, 4.69) is 10.1 Å². The summed E-state index contributed by atoms with van der Waals surface area (Å²) in [5, 5.41) is 4.05. The maximum Gasteiger partial charge on any atom is 0.435 e. The summed E-state index contributed by atoms with van der Waals surface area (Å²) in [4.78, 5) is 27.6. The number of hydrogen-bond donors (Lipinski definition) is 0. The van der Waals surface area contributed by atoms with Crippen LogP contribution in [0, 0.1) is 0 Å². The van der Waals surface area contributed by atoms with Crippen molar-refractivity contribution in [3.05, 3.63) is 42.5 Å². The first-order valence-corrected chi connectivity index (χ1v) is 7.87. The molecule has 0 amide bonds. The van der Waals surface area contributed by atoms with Crippen molar-refractivity contribution in [2.24, 2.45) is 0 Å². The van der Waals surface area contributed by atoms with Crippen molar-refractivity contribution in [1.29, 1.82) is 0 Å². The summed E-state index contributed by atoms with van der Waals surface area (Å²) >= 11 is 0. The number of carbonyl (C=O) groups excluding carboxylic acids is 2. The fourth-order valence-electron chi connectivity index (χ4n) is 2.02. The number of ether oxygens (including phenoxy) is 2. The largest absolute Gasteiger partial charge is 0.463 e. The quantitative estimate of drug-likeness (QED) is 0.625. The molecule has 2 aromatic heterocycles. The molecule has 0 radical (unpaired) electrons. The monoisotopic (exact) mass is 343 g/mol. The molecule has 0 aliphatic carbocycles. The summed E-state index contributed by atoms with van der Waals surface area (Å²) < 4.78 is 11.3. The van der Waals surface area contributed by atoms with Gasteiger partial charge >= 0.3 is 12.1 Å². The van der Waals surface area contributed by atoms with Crippen LogP contribution in [0.1, 0.15) is 33.3 Å². The zero-order valence-corrected chi connectivity index (χ0v) is 14.7. The zero-order valence-electron chi connectivity index (χ0n) is 14.7. The molecule has 0 aromatic carbocycles. The van der Waals surface area contributed by atoms with Crippen LogP contribution in [-0.4, -0.2) is 39.0 Å². The van der Waals surface area contributed by atoms with Crippen molar-refractivity contribution in [2.75, 3.05) is 6.61 Å². The zero-order chi connectivity index (χ0) is 18.4. The van der Waals surface area contributed by atoms with Gasteiger partial charge in [0.1, 0.15) is 5.60 Å². The summed E-state index contributed by atoms with van der Waals surface area (Å²) in [6, 6.07) is 1.78. The van der Waals surface area contributed by atoms with Gasteiger partial charge in [-0.15, -0.1) is 0 Å². The van der Waals surface area contributed by atoms with Crippen LogP contribution in [0.3, 0.4) is 0 Å². The molecular formula is C18H21N3O4. The Morgan fingerprint density at radius 3 is 2.72 bits per heavy atom. The minimum atomic E-state index is -0.604. The maximum atomic E-state index is 12.1. The topological polar surface area (TPSA) is 83.3 Å². The van der Waals surface area contributed by atoms with Gasteiger partial charge in [0.25, 0.3) is 0 Å². The Kier molecular flexibility index (Phi) is 5.69. The second-order valence-electron chi connectivity index (χ2n) is 6.20. The third-order valence-electron chi connectivity index (χ3n) is 3.01.